The first kappa shape index (κ1) is 13.2. The van der Waals surface area contributed by atoms with Crippen LogP contribution in [0.25, 0.3) is 0 Å². The number of hydrogen-bond acceptors (Lipinski definition) is 2. The maximum atomic E-state index is 11.9. The predicted molar refractivity (Wildman–Crippen MR) is 62.8 cm³/mol. The molecule has 0 bridgehead atoms. The molecule has 0 aliphatic carbocycles. The normalized spacial score (nSPS) is 11.5. The van der Waals surface area contributed by atoms with Crippen LogP contribution in [-0.2, 0) is 6.42 Å². The van der Waals surface area contributed by atoms with Gasteiger partial charge in [0, 0.05) is 18.0 Å². The van der Waals surface area contributed by atoms with Crippen LogP contribution in [0, 0.1) is 0 Å². The van der Waals surface area contributed by atoms with Crippen molar-refractivity contribution in [3.8, 4) is 0 Å². The van der Waals surface area contributed by atoms with Gasteiger partial charge in [0.25, 0.3) is 0 Å². The maximum Gasteiger partial charge on any atom is 0.441 e. The van der Waals surface area contributed by atoms with Crippen molar-refractivity contribution < 1.29 is 13.2 Å². The maximum absolute atomic E-state index is 11.9. The number of hydrogen-bond donors (Lipinski definition) is 1. The van der Waals surface area contributed by atoms with Gasteiger partial charge in [0.15, 0.2) is 0 Å². The van der Waals surface area contributed by atoms with Crippen molar-refractivity contribution in [3.05, 3.63) is 29.8 Å². The highest BCUT2D eigenvalue weighted by molar-refractivity contribution is 8.00. The molecule has 1 rings (SSSR count). The summed E-state index contributed by atoms with van der Waals surface area (Å²) in [5, 5.41) is 3.02. The second-order valence-corrected chi connectivity index (χ2v) is 4.39. The van der Waals surface area contributed by atoms with E-state index in [4.69, 9.17) is 0 Å². The third-order valence-corrected chi connectivity index (χ3v) is 2.82. The summed E-state index contributed by atoms with van der Waals surface area (Å²) in [7, 11) is 0. The van der Waals surface area contributed by atoms with E-state index in [0.29, 0.717) is 6.54 Å². The van der Waals surface area contributed by atoms with Gasteiger partial charge in [-0.3, -0.25) is 0 Å². The monoisotopic (exact) mass is 249 g/mol. The molecule has 5 heteroatoms. The number of anilines is 1. The van der Waals surface area contributed by atoms with E-state index in [1.165, 1.54) is 0 Å². The number of alkyl halides is 3. The van der Waals surface area contributed by atoms with Crippen LogP contribution in [0.3, 0.4) is 0 Å². The molecule has 0 radical (unpaired) electrons. The van der Waals surface area contributed by atoms with Crippen LogP contribution in [0.2, 0.25) is 0 Å². The first-order valence-corrected chi connectivity index (χ1v) is 6.04. The second kappa shape index (κ2) is 6.03. The van der Waals surface area contributed by atoms with Crippen molar-refractivity contribution >= 4 is 17.4 Å². The zero-order chi connectivity index (χ0) is 12.0. The molecule has 0 aliphatic rings. The molecule has 0 unspecified atom stereocenters. The average molecular weight is 249 g/mol. The number of halogens is 3. The van der Waals surface area contributed by atoms with Crippen molar-refractivity contribution in [1.29, 1.82) is 0 Å². The van der Waals surface area contributed by atoms with Crippen LogP contribution >= 0.6 is 11.8 Å². The Labute approximate surface area is 97.4 Å². The Morgan fingerprint density at radius 1 is 1.25 bits per heavy atom. The molecule has 0 aliphatic heterocycles. The molecule has 16 heavy (non-hydrogen) atoms. The van der Waals surface area contributed by atoms with Crippen LogP contribution in [-0.4, -0.2) is 17.8 Å². The minimum atomic E-state index is -4.13. The molecule has 0 atom stereocenters. The highest BCUT2D eigenvalue weighted by Gasteiger charge is 2.27. The number of nitrogens with one attached hydrogen (secondary N) is 1. The molecule has 0 saturated heterocycles. The Bertz CT molecular complexity index is 325. The summed E-state index contributed by atoms with van der Waals surface area (Å²) < 4.78 is 35.6. The molecule has 0 fully saturated rings. The summed E-state index contributed by atoms with van der Waals surface area (Å²) in [4.78, 5) is 0. The van der Waals surface area contributed by atoms with E-state index >= 15 is 0 Å². The molecule has 1 N–H and O–H groups in total. The van der Waals surface area contributed by atoms with E-state index < -0.39 is 5.51 Å². The topological polar surface area (TPSA) is 12.0 Å². The molecule has 0 amide bonds. The standard InChI is InChI=1S/C11H14F3NS/c1-2-9-5-3-4-6-10(9)15-7-8-16-11(12,13)14/h3-6,15H,2,7-8H2,1H3. The minimum absolute atomic E-state index is 0.00377. The van der Waals surface area contributed by atoms with E-state index in [1.54, 1.807) is 0 Å². The molecular formula is C11H14F3NS. The van der Waals surface area contributed by atoms with Gasteiger partial charge in [0.1, 0.15) is 0 Å². The Morgan fingerprint density at radius 3 is 2.56 bits per heavy atom. The average Bonchev–Trinajstić information content (AvgIpc) is 2.23. The predicted octanol–water partition coefficient (Wildman–Crippen LogP) is 3.91. The fourth-order valence-corrected chi connectivity index (χ4v) is 1.79. The zero-order valence-electron chi connectivity index (χ0n) is 8.97. The minimum Gasteiger partial charge on any atom is -0.384 e. The quantitative estimate of drug-likeness (QED) is 0.794. The summed E-state index contributed by atoms with van der Waals surface area (Å²) in [5.41, 5.74) is -2.08. The molecule has 90 valence electrons. The Hall–Kier alpha value is -0.840. The molecule has 1 aromatic rings. The Morgan fingerprint density at radius 2 is 1.94 bits per heavy atom. The Kier molecular flexibility index (Phi) is 4.99. The van der Waals surface area contributed by atoms with Crippen molar-refractivity contribution in [1.82, 2.24) is 0 Å². The van der Waals surface area contributed by atoms with E-state index in [0.717, 1.165) is 17.7 Å². The summed E-state index contributed by atoms with van der Waals surface area (Å²) in [5.74, 6) is 0.0293. The second-order valence-electron chi connectivity index (χ2n) is 3.23. The lowest BCUT2D eigenvalue weighted by Crippen LogP contribution is -2.10. The molecule has 0 saturated carbocycles. The van der Waals surface area contributed by atoms with Gasteiger partial charge in [0.05, 0.1) is 0 Å². The number of rotatable bonds is 5. The molecule has 0 heterocycles. The SMILES string of the molecule is CCc1ccccc1NCCSC(F)(F)F. The Balaban J connectivity index is 2.37. The van der Waals surface area contributed by atoms with E-state index in [1.807, 2.05) is 31.2 Å². The van der Waals surface area contributed by atoms with Gasteiger partial charge in [0.2, 0.25) is 0 Å². The van der Waals surface area contributed by atoms with Gasteiger partial charge in [-0.2, -0.15) is 13.2 Å². The first-order valence-electron chi connectivity index (χ1n) is 5.05. The van der Waals surface area contributed by atoms with E-state index in [-0.39, 0.29) is 17.5 Å². The lowest BCUT2D eigenvalue weighted by Gasteiger charge is -2.11. The van der Waals surface area contributed by atoms with Gasteiger partial charge in [-0.1, -0.05) is 25.1 Å². The van der Waals surface area contributed by atoms with Crippen molar-refractivity contribution in [2.45, 2.75) is 18.9 Å². The molecule has 0 spiro atoms. The lowest BCUT2D eigenvalue weighted by molar-refractivity contribution is -0.0327. The van der Waals surface area contributed by atoms with Crippen molar-refractivity contribution in [2.24, 2.45) is 0 Å². The summed E-state index contributed by atoms with van der Waals surface area (Å²) in [6.45, 7) is 2.34. The molecule has 0 aromatic heterocycles. The third-order valence-electron chi connectivity index (χ3n) is 2.08. The highest BCUT2D eigenvalue weighted by Crippen LogP contribution is 2.29. The van der Waals surface area contributed by atoms with Gasteiger partial charge >= 0.3 is 5.51 Å². The van der Waals surface area contributed by atoms with Gasteiger partial charge in [-0.15, -0.1) is 0 Å². The van der Waals surface area contributed by atoms with Crippen LogP contribution in [0.5, 0.6) is 0 Å². The lowest BCUT2D eigenvalue weighted by atomic mass is 10.1. The number of aryl methyl sites for hydroxylation is 1. The number of thioether (sulfide) groups is 1. The van der Waals surface area contributed by atoms with Crippen molar-refractivity contribution in [3.63, 3.8) is 0 Å². The number of para-hydroxylation sites is 1. The van der Waals surface area contributed by atoms with Gasteiger partial charge in [-0.25, -0.2) is 0 Å². The highest BCUT2D eigenvalue weighted by atomic mass is 32.2. The largest absolute Gasteiger partial charge is 0.441 e. The number of benzene rings is 1. The molecule has 1 nitrogen and oxygen atoms in total. The van der Waals surface area contributed by atoms with Crippen molar-refractivity contribution in [2.75, 3.05) is 17.6 Å². The van der Waals surface area contributed by atoms with E-state index in [9.17, 15) is 13.2 Å². The van der Waals surface area contributed by atoms with Crippen LogP contribution in [0.4, 0.5) is 18.9 Å². The summed E-state index contributed by atoms with van der Waals surface area (Å²) in [6.07, 6.45) is 0.871. The zero-order valence-corrected chi connectivity index (χ0v) is 9.79. The van der Waals surface area contributed by atoms with Crippen LogP contribution in [0.15, 0.2) is 24.3 Å². The molecular weight excluding hydrogens is 235 g/mol. The smallest absolute Gasteiger partial charge is 0.384 e. The summed E-state index contributed by atoms with van der Waals surface area (Å²) >= 11 is 0.00377. The summed E-state index contributed by atoms with van der Waals surface area (Å²) in [6, 6.07) is 7.66. The first-order chi connectivity index (χ1) is 7.53. The van der Waals surface area contributed by atoms with E-state index in [2.05, 4.69) is 5.32 Å². The van der Waals surface area contributed by atoms with Crippen LogP contribution in [0.1, 0.15) is 12.5 Å². The fourth-order valence-electron chi connectivity index (χ4n) is 1.35. The fraction of sp³-hybridized carbons (Fsp3) is 0.455. The van der Waals surface area contributed by atoms with Gasteiger partial charge in [-0.05, 0) is 29.8 Å². The third kappa shape index (κ3) is 4.79. The van der Waals surface area contributed by atoms with Gasteiger partial charge < -0.3 is 5.32 Å². The van der Waals surface area contributed by atoms with Crippen LogP contribution < -0.4 is 5.32 Å². The molecule has 1 aromatic carbocycles.